The molecule has 0 bridgehead atoms. The molecule has 3 heterocycles. The van der Waals surface area contributed by atoms with Gasteiger partial charge in [0.2, 0.25) is 59.1 Å². The van der Waals surface area contributed by atoms with E-state index in [9.17, 15) is 47.9 Å². The second kappa shape index (κ2) is 26.2. The van der Waals surface area contributed by atoms with Crippen LogP contribution in [0.4, 0.5) is 0 Å². The maximum absolute atomic E-state index is 13.8. The van der Waals surface area contributed by atoms with E-state index in [2.05, 4.69) is 42.2 Å². The molecule has 0 aromatic carbocycles. The van der Waals surface area contributed by atoms with E-state index in [4.69, 9.17) is 17.2 Å². The van der Waals surface area contributed by atoms with E-state index in [0.717, 1.165) is 0 Å². The monoisotopic (exact) mass is 932 g/mol. The molecule has 3 fully saturated rings. The first-order chi connectivity index (χ1) is 31.1. The summed E-state index contributed by atoms with van der Waals surface area (Å²) < 4.78 is 0. The van der Waals surface area contributed by atoms with Crippen LogP contribution in [0.1, 0.15) is 112 Å². The van der Waals surface area contributed by atoms with Gasteiger partial charge in [-0.2, -0.15) is 0 Å². The van der Waals surface area contributed by atoms with Gasteiger partial charge in [0.25, 0.3) is 0 Å². The van der Waals surface area contributed by atoms with Gasteiger partial charge in [0.15, 0.2) is 5.96 Å². The molecule has 0 aliphatic carbocycles. The summed E-state index contributed by atoms with van der Waals surface area (Å²) in [6.45, 7) is 10.8. The highest BCUT2D eigenvalue weighted by Crippen LogP contribution is 2.23. The summed E-state index contributed by atoms with van der Waals surface area (Å²) in [5.74, 6) is -6.08. The molecule has 0 saturated carbocycles. The molecule has 370 valence electrons. The van der Waals surface area contributed by atoms with E-state index in [-0.39, 0.29) is 74.9 Å². The largest absolute Gasteiger partial charge is 0.370 e. The van der Waals surface area contributed by atoms with E-state index in [1.54, 1.807) is 0 Å². The fraction of sp³-hybridized carbons (Fsp3) is 0.744. The van der Waals surface area contributed by atoms with Crippen molar-refractivity contribution < 1.29 is 47.9 Å². The van der Waals surface area contributed by atoms with Crippen LogP contribution in [0.2, 0.25) is 0 Å². The maximum atomic E-state index is 13.8. The van der Waals surface area contributed by atoms with Crippen LogP contribution in [0, 0.1) is 17.8 Å². The fourth-order valence-corrected chi connectivity index (χ4v) is 8.22. The number of likely N-dealkylation sites (tertiary alicyclic amines) is 2. The van der Waals surface area contributed by atoms with Crippen LogP contribution in [0.5, 0.6) is 0 Å². The third-order valence-electron chi connectivity index (χ3n) is 11.9. The van der Waals surface area contributed by atoms with Gasteiger partial charge in [-0.25, -0.2) is 0 Å². The lowest BCUT2D eigenvalue weighted by atomic mass is 9.96. The zero-order valence-corrected chi connectivity index (χ0v) is 39.2. The van der Waals surface area contributed by atoms with Gasteiger partial charge in [-0.15, -0.1) is 0 Å². The summed E-state index contributed by atoms with van der Waals surface area (Å²) in [6, 6.07) is -6.69. The van der Waals surface area contributed by atoms with Crippen LogP contribution >= 0.6 is 0 Å². The summed E-state index contributed by atoms with van der Waals surface area (Å²) in [4.78, 5) is 138. The maximum Gasteiger partial charge on any atom is 0.246 e. The minimum atomic E-state index is -1.08. The van der Waals surface area contributed by atoms with E-state index < -0.39 is 109 Å². The molecule has 3 aliphatic heterocycles. The van der Waals surface area contributed by atoms with Gasteiger partial charge in [0.05, 0.1) is 13.1 Å². The fourth-order valence-electron chi connectivity index (χ4n) is 8.22. The van der Waals surface area contributed by atoms with Crippen molar-refractivity contribution in [3.8, 4) is 0 Å². The number of hydrogen-bond donors (Lipinski definition) is 10. The Hall–Kier alpha value is -6.03. The molecule has 10 amide bonds. The highest BCUT2D eigenvalue weighted by atomic mass is 16.2. The Morgan fingerprint density at radius 2 is 1.32 bits per heavy atom. The number of carbonyl (C=O) groups is 10. The van der Waals surface area contributed by atoms with E-state index in [0.29, 0.717) is 44.9 Å². The van der Waals surface area contributed by atoms with Crippen LogP contribution in [-0.2, 0) is 47.9 Å². The average Bonchev–Trinajstić information content (AvgIpc) is 4.05. The van der Waals surface area contributed by atoms with Crippen LogP contribution in [-0.4, -0.2) is 150 Å². The van der Waals surface area contributed by atoms with Gasteiger partial charge < -0.3 is 64.2 Å². The van der Waals surface area contributed by atoms with Crippen LogP contribution < -0.4 is 54.4 Å². The molecular formula is C43H73N13O10. The van der Waals surface area contributed by atoms with Crippen LogP contribution in [0.3, 0.4) is 0 Å². The SMILES string of the molecule is CCC(C)C(NC(=O)C1CCC(=O)N1)C(=O)N1CCCC1C(=O)NCC(=O)NC(CC(C)C)C(=O)NCC(=O)N1CCCC1C(=O)NC(CC(C)C)C(=O)NC(CCCN=C(N)N)C(N)=O. The smallest absolute Gasteiger partial charge is 0.246 e. The number of rotatable bonds is 25. The van der Waals surface area contributed by atoms with Crippen molar-refractivity contribution in [3.63, 3.8) is 0 Å². The number of nitrogens with two attached hydrogens (primary N) is 3. The van der Waals surface area contributed by atoms with Gasteiger partial charge in [0.1, 0.15) is 42.3 Å². The Morgan fingerprint density at radius 1 is 0.712 bits per heavy atom. The highest BCUT2D eigenvalue weighted by molar-refractivity contribution is 5.98. The number of primary amides is 1. The lowest BCUT2D eigenvalue weighted by molar-refractivity contribution is -0.143. The van der Waals surface area contributed by atoms with Crippen molar-refractivity contribution in [2.24, 2.45) is 39.9 Å². The van der Waals surface area contributed by atoms with Crippen molar-refractivity contribution in [1.82, 2.24) is 47.0 Å². The number of hydrogen-bond acceptors (Lipinski definition) is 11. The summed E-state index contributed by atoms with van der Waals surface area (Å²) in [5.41, 5.74) is 16.2. The van der Waals surface area contributed by atoms with Gasteiger partial charge in [-0.3, -0.25) is 52.9 Å². The second-order valence-electron chi connectivity index (χ2n) is 18.3. The topological polar surface area (TPSA) is 352 Å². The number of guanidine groups is 1. The number of amides is 10. The third kappa shape index (κ3) is 16.8. The van der Waals surface area contributed by atoms with Crippen LogP contribution in [0.15, 0.2) is 4.99 Å². The Labute approximate surface area is 386 Å². The minimum absolute atomic E-state index is 0.0420. The second-order valence-corrected chi connectivity index (χ2v) is 18.3. The highest BCUT2D eigenvalue weighted by Gasteiger charge is 2.41. The predicted octanol–water partition coefficient (Wildman–Crippen LogP) is -2.90. The first kappa shape index (κ1) is 54.3. The van der Waals surface area contributed by atoms with Crippen molar-refractivity contribution in [1.29, 1.82) is 0 Å². The van der Waals surface area contributed by atoms with Gasteiger partial charge in [0, 0.05) is 26.1 Å². The first-order valence-corrected chi connectivity index (χ1v) is 23.1. The lowest BCUT2D eigenvalue weighted by Gasteiger charge is -2.32. The van der Waals surface area contributed by atoms with Crippen molar-refractivity contribution >= 4 is 65.0 Å². The zero-order valence-electron chi connectivity index (χ0n) is 39.2. The lowest BCUT2D eigenvalue weighted by Crippen LogP contribution is -2.58. The Morgan fingerprint density at radius 3 is 1.88 bits per heavy atom. The van der Waals surface area contributed by atoms with Crippen molar-refractivity contribution in [2.75, 3.05) is 32.7 Å². The van der Waals surface area contributed by atoms with Crippen molar-refractivity contribution in [2.45, 2.75) is 154 Å². The van der Waals surface area contributed by atoms with Gasteiger partial charge in [-0.05, 0) is 75.5 Å². The molecule has 0 aromatic rings. The third-order valence-corrected chi connectivity index (χ3v) is 11.9. The zero-order chi connectivity index (χ0) is 49.2. The van der Waals surface area contributed by atoms with E-state index in [1.807, 2.05) is 41.5 Å². The van der Waals surface area contributed by atoms with Gasteiger partial charge >= 0.3 is 0 Å². The minimum Gasteiger partial charge on any atom is -0.370 e. The summed E-state index contributed by atoms with van der Waals surface area (Å²) in [7, 11) is 0. The molecule has 3 aliphatic rings. The quantitative estimate of drug-likeness (QED) is 0.0251. The van der Waals surface area contributed by atoms with Gasteiger partial charge in [-0.1, -0.05) is 48.0 Å². The molecule has 66 heavy (non-hydrogen) atoms. The number of nitrogens with zero attached hydrogens (tertiary/aromatic N) is 3. The Kier molecular flexibility index (Phi) is 21.6. The molecule has 0 spiro atoms. The summed E-state index contributed by atoms with van der Waals surface area (Å²) >= 11 is 0. The molecule has 0 aromatic heterocycles. The van der Waals surface area contributed by atoms with E-state index in [1.165, 1.54) is 9.80 Å². The Bertz CT molecular complexity index is 1810. The van der Waals surface area contributed by atoms with Crippen LogP contribution in [0.25, 0.3) is 0 Å². The number of nitrogens with one attached hydrogen (secondary N) is 7. The standard InChI is InChI=1S/C43H73N13O10/c1-7-25(6)35(54-38(62)27-14-15-32(57)50-27)42(66)56-18-10-12-30(56)40(64)48-21-33(58)51-28(19-23(2)3)37(61)49-22-34(59)55-17-9-13-31(55)41(65)53-29(20-24(4)5)39(63)52-26(36(44)60)11-8-16-47-43(45)46/h23-31,35H,7-22H2,1-6H3,(H2,44,60)(H,48,64)(H,49,61)(H,50,57)(H,51,58)(H,52,63)(H,53,65)(H,54,62)(H4,45,46,47). The molecule has 23 nitrogen and oxygen atoms in total. The predicted molar refractivity (Wildman–Crippen MR) is 242 cm³/mol. The number of aliphatic imine (C=N–C) groups is 1. The average molecular weight is 932 g/mol. The molecule has 23 heteroatoms. The van der Waals surface area contributed by atoms with Crippen molar-refractivity contribution in [3.05, 3.63) is 0 Å². The molecule has 8 unspecified atom stereocenters. The number of carbonyl (C=O) groups excluding carboxylic acids is 10. The first-order valence-electron chi connectivity index (χ1n) is 23.1. The molecule has 0 radical (unpaired) electrons. The Balaban J connectivity index is 1.57. The van der Waals surface area contributed by atoms with E-state index >= 15 is 0 Å². The summed E-state index contributed by atoms with van der Waals surface area (Å²) in [6.07, 6.45) is 3.66. The molecule has 3 rings (SSSR count). The molecule has 8 atom stereocenters. The summed E-state index contributed by atoms with van der Waals surface area (Å²) in [5, 5.41) is 18.5. The molecular weight excluding hydrogens is 859 g/mol. The molecule has 3 saturated heterocycles. The normalized spacial score (nSPS) is 20.3. The molecule has 13 N–H and O–H groups in total.